The van der Waals surface area contributed by atoms with Gasteiger partial charge in [0.25, 0.3) is 11.8 Å². The number of nitrogens with zero attached hydrogens (tertiary/aromatic N) is 1. The number of carbonyl (C=O) groups excluding carboxylic acids is 3. The molecule has 1 N–H and O–H groups in total. The lowest BCUT2D eigenvalue weighted by molar-refractivity contribution is -0.151. The number of halogens is 1. The van der Waals surface area contributed by atoms with Gasteiger partial charge in [0.05, 0.1) is 0 Å². The molecule has 1 fully saturated rings. The standard InChI is InChI=1S/C21H21FN2O4/c22-18-9-5-4-8-16(18)13-24(17-10-11-17)19(25)14-28-20(26)12-23-21(27)15-6-2-1-3-7-15/h1-9,17H,10-14H2,(H,23,27). The first-order chi connectivity index (χ1) is 13.5. The van der Waals surface area contributed by atoms with Crippen molar-refractivity contribution in [2.75, 3.05) is 13.2 Å². The number of carbonyl (C=O) groups is 3. The Labute approximate surface area is 162 Å². The van der Waals surface area contributed by atoms with E-state index in [1.807, 2.05) is 0 Å². The quantitative estimate of drug-likeness (QED) is 0.709. The van der Waals surface area contributed by atoms with Crippen molar-refractivity contribution in [3.8, 4) is 0 Å². The number of nitrogens with one attached hydrogen (secondary N) is 1. The minimum absolute atomic E-state index is 0.0450. The predicted molar refractivity (Wildman–Crippen MR) is 99.7 cm³/mol. The van der Waals surface area contributed by atoms with E-state index in [0.717, 1.165) is 12.8 Å². The summed E-state index contributed by atoms with van der Waals surface area (Å²) in [7, 11) is 0. The molecular formula is C21H21FN2O4. The lowest BCUT2D eigenvalue weighted by Crippen LogP contribution is -2.37. The van der Waals surface area contributed by atoms with Gasteiger partial charge in [0.1, 0.15) is 12.4 Å². The third-order valence-corrected chi connectivity index (χ3v) is 4.39. The molecule has 0 aliphatic heterocycles. The number of hydrogen-bond donors (Lipinski definition) is 1. The summed E-state index contributed by atoms with van der Waals surface area (Å²) in [6.45, 7) is -0.638. The van der Waals surface area contributed by atoms with Gasteiger partial charge in [-0.1, -0.05) is 36.4 Å². The molecule has 0 spiro atoms. The summed E-state index contributed by atoms with van der Waals surface area (Å²) in [4.78, 5) is 37.7. The minimum Gasteiger partial charge on any atom is -0.454 e. The van der Waals surface area contributed by atoms with E-state index in [2.05, 4.69) is 5.32 Å². The highest BCUT2D eigenvalue weighted by Crippen LogP contribution is 2.29. The highest BCUT2D eigenvalue weighted by atomic mass is 19.1. The van der Waals surface area contributed by atoms with Crippen molar-refractivity contribution in [3.63, 3.8) is 0 Å². The minimum atomic E-state index is -0.709. The van der Waals surface area contributed by atoms with Crippen LogP contribution in [0.3, 0.4) is 0 Å². The van der Waals surface area contributed by atoms with E-state index >= 15 is 0 Å². The molecule has 2 aromatic carbocycles. The summed E-state index contributed by atoms with van der Waals surface area (Å²) >= 11 is 0. The maximum Gasteiger partial charge on any atom is 0.325 e. The molecule has 1 aliphatic carbocycles. The molecule has 3 rings (SSSR count). The van der Waals surface area contributed by atoms with E-state index in [4.69, 9.17) is 4.74 Å². The Hall–Kier alpha value is -3.22. The molecule has 28 heavy (non-hydrogen) atoms. The Balaban J connectivity index is 1.47. The van der Waals surface area contributed by atoms with E-state index in [-0.39, 0.29) is 30.9 Å². The largest absolute Gasteiger partial charge is 0.454 e. The molecule has 0 bridgehead atoms. The molecule has 0 unspecified atom stereocenters. The van der Waals surface area contributed by atoms with Crippen LogP contribution in [-0.4, -0.2) is 41.9 Å². The molecular weight excluding hydrogens is 363 g/mol. The summed E-state index contributed by atoms with van der Waals surface area (Å²) < 4.78 is 18.8. The average Bonchev–Trinajstić information content (AvgIpc) is 3.55. The lowest BCUT2D eigenvalue weighted by Gasteiger charge is -2.22. The zero-order chi connectivity index (χ0) is 19.9. The van der Waals surface area contributed by atoms with Crippen LogP contribution >= 0.6 is 0 Å². The van der Waals surface area contributed by atoms with Crippen LogP contribution < -0.4 is 5.32 Å². The van der Waals surface area contributed by atoms with Gasteiger partial charge in [-0.05, 0) is 31.0 Å². The summed E-state index contributed by atoms with van der Waals surface area (Å²) in [6.07, 6.45) is 1.70. The highest BCUT2D eigenvalue weighted by molar-refractivity contribution is 5.96. The van der Waals surface area contributed by atoms with Crippen LogP contribution in [0, 0.1) is 5.82 Å². The molecule has 0 saturated heterocycles. The van der Waals surface area contributed by atoms with E-state index in [1.54, 1.807) is 48.5 Å². The first-order valence-corrected chi connectivity index (χ1v) is 9.06. The number of esters is 1. The van der Waals surface area contributed by atoms with Gasteiger partial charge >= 0.3 is 5.97 Å². The first kappa shape index (κ1) is 19.5. The van der Waals surface area contributed by atoms with Crippen molar-refractivity contribution < 1.29 is 23.5 Å². The van der Waals surface area contributed by atoms with Crippen molar-refractivity contribution in [2.24, 2.45) is 0 Å². The maximum atomic E-state index is 13.9. The molecule has 0 atom stereocenters. The Kier molecular flexibility index (Phi) is 6.37. The smallest absolute Gasteiger partial charge is 0.325 e. The van der Waals surface area contributed by atoms with Crippen LogP contribution in [0.1, 0.15) is 28.8 Å². The third kappa shape index (κ3) is 5.39. The molecule has 2 amide bonds. The number of rotatable bonds is 8. The van der Waals surface area contributed by atoms with Gasteiger partial charge in [0.15, 0.2) is 6.61 Å². The average molecular weight is 384 g/mol. The third-order valence-electron chi connectivity index (χ3n) is 4.39. The van der Waals surface area contributed by atoms with Crippen LogP contribution in [0.4, 0.5) is 4.39 Å². The van der Waals surface area contributed by atoms with Gasteiger partial charge in [0.2, 0.25) is 0 Å². The second-order valence-corrected chi connectivity index (χ2v) is 6.55. The molecule has 2 aromatic rings. The van der Waals surface area contributed by atoms with Gasteiger partial charge in [-0.15, -0.1) is 0 Å². The van der Waals surface area contributed by atoms with Crippen LogP contribution in [0.2, 0.25) is 0 Å². The number of hydrogen-bond acceptors (Lipinski definition) is 4. The monoisotopic (exact) mass is 384 g/mol. The van der Waals surface area contributed by atoms with E-state index in [0.29, 0.717) is 11.1 Å². The van der Waals surface area contributed by atoms with E-state index in [9.17, 15) is 18.8 Å². The second-order valence-electron chi connectivity index (χ2n) is 6.55. The van der Waals surface area contributed by atoms with Crippen LogP contribution in [0.5, 0.6) is 0 Å². The molecule has 1 aliphatic rings. The zero-order valence-corrected chi connectivity index (χ0v) is 15.3. The fourth-order valence-electron chi connectivity index (χ4n) is 2.74. The van der Waals surface area contributed by atoms with Crippen molar-refractivity contribution in [2.45, 2.75) is 25.4 Å². The normalized spacial score (nSPS) is 12.9. The topological polar surface area (TPSA) is 75.7 Å². The Morgan fingerprint density at radius 3 is 2.39 bits per heavy atom. The van der Waals surface area contributed by atoms with Gasteiger partial charge in [0, 0.05) is 23.7 Å². The fourth-order valence-corrected chi connectivity index (χ4v) is 2.74. The van der Waals surface area contributed by atoms with E-state index in [1.165, 1.54) is 11.0 Å². The lowest BCUT2D eigenvalue weighted by atomic mass is 10.2. The first-order valence-electron chi connectivity index (χ1n) is 9.06. The fraction of sp³-hybridized carbons (Fsp3) is 0.286. The molecule has 1 saturated carbocycles. The van der Waals surface area contributed by atoms with E-state index < -0.39 is 18.5 Å². The zero-order valence-electron chi connectivity index (χ0n) is 15.3. The molecule has 0 heterocycles. The SMILES string of the molecule is O=C(CNC(=O)c1ccccc1)OCC(=O)N(Cc1ccccc1F)C1CC1. The van der Waals surface area contributed by atoms with Crippen LogP contribution in [-0.2, 0) is 20.9 Å². The Morgan fingerprint density at radius 2 is 1.71 bits per heavy atom. The van der Waals surface area contributed by atoms with Crippen LogP contribution in [0.15, 0.2) is 54.6 Å². The number of ether oxygens (including phenoxy) is 1. The van der Waals surface area contributed by atoms with Gasteiger partial charge in [-0.3, -0.25) is 14.4 Å². The number of benzene rings is 2. The molecule has 7 heteroatoms. The molecule has 0 aromatic heterocycles. The summed E-state index contributed by atoms with van der Waals surface area (Å²) in [5.74, 6) is -1.86. The summed E-state index contributed by atoms with van der Waals surface area (Å²) in [6, 6.07) is 14.8. The van der Waals surface area contributed by atoms with Gasteiger partial charge < -0.3 is 15.0 Å². The van der Waals surface area contributed by atoms with Gasteiger partial charge in [-0.2, -0.15) is 0 Å². The maximum absolute atomic E-state index is 13.9. The highest BCUT2D eigenvalue weighted by Gasteiger charge is 2.33. The molecule has 6 nitrogen and oxygen atoms in total. The Bertz CT molecular complexity index is 852. The van der Waals surface area contributed by atoms with Crippen molar-refractivity contribution >= 4 is 17.8 Å². The number of amides is 2. The molecule has 146 valence electrons. The van der Waals surface area contributed by atoms with Gasteiger partial charge in [-0.25, -0.2) is 4.39 Å². The van der Waals surface area contributed by atoms with Crippen molar-refractivity contribution in [3.05, 3.63) is 71.5 Å². The predicted octanol–water partition coefficient (Wildman–Crippen LogP) is 2.29. The molecule has 0 radical (unpaired) electrons. The second kappa shape index (κ2) is 9.12. The summed E-state index contributed by atoms with van der Waals surface area (Å²) in [5, 5.41) is 2.45. The summed E-state index contributed by atoms with van der Waals surface area (Å²) in [5.41, 5.74) is 0.848. The Morgan fingerprint density at radius 1 is 1.04 bits per heavy atom. The van der Waals surface area contributed by atoms with Crippen LogP contribution in [0.25, 0.3) is 0 Å². The van der Waals surface area contributed by atoms with Crippen molar-refractivity contribution in [1.29, 1.82) is 0 Å². The van der Waals surface area contributed by atoms with Crippen molar-refractivity contribution in [1.82, 2.24) is 10.2 Å².